The maximum Gasteiger partial charge on any atom is 0.236 e. The van der Waals surface area contributed by atoms with Crippen molar-refractivity contribution in [1.82, 2.24) is 5.32 Å². The summed E-state index contributed by atoms with van der Waals surface area (Å²) in [5.41, 5.74) is 7.64. The highest BCUT2D eigenvalue weighted by atomic mass is 79.9. The van der Waals surface area contributed by atoms with E-state index in [0.29, 0.717) is 12.0 Å². The average molecular weight is 356 g/mol. The Kier molecular flexibility index (Phi) is 7.18. The molecule has 0 spiro atoms. The van der Waals surface area contributed by atoms with Gasteiger partial charge in [-0.1, -0.05) is 49.7 Å². The Labute approximate surface area is 136 Å². The molecule has 0 saturated heterocycles. The molecule has 0 fully saturated rings. The molecular weight excluding hydrogens is 330 g/mol. The lowest BCUT2D eigenvalue weighted by Gasteiger charge is -2.28. The normalized spacial score (nSPS) is 11.2. The lowest BCUT2D eigenvalue weighted by molar-refractivity contribution is -0.116. The van der Waals surface area contributed by atoms with Crippen LogP contribution in [0.3, 0.4) is 0 Å². The van der Waals surface area contributed by atoms with Gasteiger partial charge >= 0.3 is 0 Å². The summed E-state index contributed by atoms with van der Waals surface area (Å²) in [5.74, 6) is 0.146. The van der Waals surface area contributed by atoms with E-state index in [1.807, 2.05) is 6.07 Å². The molecule has 0 aliphatic heterocycles. The number of hydrogen-bond donors (Lipinski definition) is 2. The fourth-order valence-electron chi connectivity index (χ4n) is 2.17. The standard InChI is InChI=1S/C16H26BrN3O/c1-11(2)9-20(10-16(18)21)15-7-14(17)6-5-13(15)8-19-12(3)4/h5-7,11-12,19H,8-10H2,1-4H3,(H2,18,21). The van der Waals surface area contributed by atoms with Gasteiger partial charge in [0.15, 0.2) is 0 Å². The molecule has 1 rings (SSSR count). The van der Waals surface area contributed by atoms with Crippen molar-refractivity contribution in [3.8, 4) is 0 Å². The summed E-state index contributed by atoms with van der Waals surface area (Å²) < 4.78 is 1.00. The predicted molar refractivity (Wildman–Crippen MR) is 92.4 cm³/mol. The number of benzene rings is 1. The van der Waals surface area contributed by atoms with Crippen LogP contribution in [0, 0.1) is 5.92 Å². The van der Waals surface area contributed by atoms with Gasteiger partial charge in [0.1, 0.15) is 0 Å². The first-order valence-electron chi connectivity index (χ1n) is 7.34. The molecule has 5 heteroatoms. The molecule has 0 bridgehead atoms. The highest BCUT2D eigenvalue weighted by molar-refractivity contribution is 9.10. The summed E-state index contributed by atoms with van der Waals surface area (Å²) in [6.07, 6.45) is 0. The summed E-state index contributed by atoms with van der Waals surface area (Å²) in [4.78, 5) is 13.4. The molecule has 1 amide bonds. The van der Waals surface area contributed by atoms with Crippen molar-refractivity contribution in [3.05, 3.63) is 28.2 Å². The van der Waals surface area contributed by atoms with Gasteiger partial charge in [0, 0.05) is 29.3 Å². The zero-order valence-electron chi connectivity index (χ0n) is 13.3. The molecule has 0 saturated carbocycles. The van der Waals surface area contributed by atoms with Crippen LogP contribution in [0.4, 0.5) is 5.69 Å². The number of carbonyl (C=O) groups is 1. The minimum absolute atomic E-state index is 0.239. The first-order valence-corrected chi connectivity index (χ1v) is 8.14. The minimum Gasteiger partial charge on any atom is -0.368 e. The van der Waals surface area contributed by atoms with E-state index in [4.69, 9.17) is 5.73 Å². The van der Waals surface area contributed by atoms with Crippen LogP contribution in [0.15, 0.2) is 22.7 Å². The number of nitrogens with two attached hydrogens (primary N) is 1. The highest BCUT2D eigenvalue weighted by Gasteiger charge is 2.15. The van der Waals surface area contributed by atoms with E-state index in [1.54, 1.807) is 0 Å². The Morgan fingerprint density at radius 3 is 2.52 bits per heavy atom. The number of nitrogens with one attached hydrogen (secondary N) is 1. The quantitative estimate of drug-likeness (QED) is 0.753. The molecule has 3 N–H and O–H groups in total. The third-order valence-electron chi connectivity index (χ3n) is 3.02. The number of anilines is 1. The first kappa shape index (κ1) is 18.0. The van der Waals surface area contributed by atoms with Crippen LogP contribution < -0.4 is 16.0 Å². The Bertz CT molecular complexity index is 475. The van der Waals surface area contributed by atoms with Gasteiger partial charge < -0.3 is 16.0 Å². The second-order valence-electron chi connectivity index (χ2n) is 6.05. The number of primary amides is 1. The summed E-state index contributed by atoms with van der Waals surface area (Å²) >= 11 is 3.51. The third-order valence-corrected chi connectivity index (χ3v) is 3.51. The SMILES string of the molecule is CC(C)CN(CC(N)=O)c1cc(Br)ccc1CNC(C)C. The van der Waals surface area contributed by atoms with Crippen molar-refractivity contribution >= 4 is 27.5 Å². The fourth-order valence-corrected chi connectivity index (χ4v) is 2.52. The summed E-state index contributed by atoms with van der Waals surface area (Å²) in [6.45, 7) is 10.3. The zero-order valence-corrected chi connectivity index (χ0v) is 14.9. The largest absolute Gasteiger partial charge is 0.368 e. The summed E-state index contributed by atoms with van der Waals surface area (Å²) in [7, 11) is 0. The molecule has 0 unspecified atom stereocenters. The lowest BCUT2D eigenvalue weighted by atomic mass is 10.1. The van der Waals surface area contributed by atoms with Crippen molar-refractivity contribution in [2.24, 2.45) is 11.7 Å². The van der Waals surface area contributed by atoms with Crippen LogP contribution in [0.1, 0.15) is 33.3 Å². The van der Waals surface area contributed by atoms with Gasteiger partial charge in [-0.3, -0.25) is 4.79 Å². The lowest BCUT2D eigenvalue weighted by Crippen LogP contribution is -2.37. The second kappa shape index (κ2) is 8.39. The number of halogens is 1. The third kappa shape index (κ3) is 6.48. The van der Waals surface area contributed by atoms with E-state index in [-0.39, 0.29) is 12.5 Å². The maximum absolute atomic E-state index is 11.4. The van der Waals surface area contributed by atoms with E-state index in [0.717, 1.165) is 23.2 Å². The van der Waals surface area contributed by atoms with Gasteiger partial charge in [-0.2, -0.15) is 0 Å². The van der Waals surface area contributed by atoms with Crippen LogP contribution in [-0.4, -0.2) is 25.0 Å². The first-order chi connectivity index (χ1) is 9.79. The summed E-state index contributed by atoms with van der Waals surface area (Å²) in [5, 5.41) is 3.42. The number of carbonyl (C=O) groups excluding carboxylic acids is 1. The number of amides is 1. The zero-order chi connectivity index (χ0) is 16.0. The van der Waals surface area contributed by atoms with Gasteiger partial charge in [-0.05, 0) is 23.6 Å². The van der Waals surface area contributed by atoms with E-state index >= 15 is 0 Å². The van der Waals surface area contributed by atoms with E-state index in [9.17, 15) is 4.79 Å². The number of hydrogen-bond acceptors (Lipinski definition) is 3. The molecule has 0 aliphatic carbocycles. The van der Waals surface area contributed by atoms with Crippen molar-refractivity contribution in [1.29, 1.82) is 0 Å². The Morgan fingerprint density at radius 2 is 2.00 bits per heavy atom. The Hall–Kier alpha value is -1.07. The number of rotatable bonds is 8. The van der Waals surface area contributed by atoms with Gasteiger partial charge in [-0.25, -0.2) is 0 Å². The van der Waals surface area contributed by atoms with Crippen LogP contribution in [0.5, 0.6) is 0 Å². The van der Waals surface area contributed by atoms with Gasteiger partial charge in [0.2, 0.25) is 5.91 Å². The summed E-state index contributed by atoms with van der Waals surface area (Å²) in [6, 6.07) is 6.58. The molecular formula is C16H26BrN3O. The average Bonchev–Trinajstić information content (AvgIpc) is 2.35. The van der Waals surface area contributed by atoms with Crippen molar-refractivity contribution in [2.45, 2.75) is 40.3 Å². The maximum atomic E-state index is 11.4. The monoisotopic (exact) mass is 355 g/mol. The Balaban J connectivity index is 3.07. The van der Waals surface area contributed by atoms with E-state index in [2.05, 4.69) is 66.0 Å². The molecule has 21 heavy (non-hydrogen) atoms. The van der Waals surface area contributed by atoms with E-state index in [1.165, 1.54) is 5.56 Å². The smallest absolute Gasteiger partial charge is 0.236 e. The van der Waals surface area contributed by atoms with Crippen LogP contribution >= 0.6 is 15.9 Å². The van der Waals surface area contributed by atoms with E-state index < -0.39 is 0 Å². The second-order valence-corrected chi connectivity index (χ2v) is 6.96. The topological polar surface area (TPSA) is 58.4 Å². The predicted octanol–water partition coefficient (Wildman–Crippen LogP) is 2.89. The Morgan fingerprint density at radius 1 is 1.33 bits per heavy atom. The van der Waals surface area contributed by atoms with Crippen LogP contribution in [-0.2, 0) is 11.3 Å². The van der Waals surface area contributed by atoms with Crippen molar-refractivity contribution in [2.75, 3.05) is 18.0 Å². The molecule has 0 radical (unpaired) electrons. The highest BCUT2D eigenvalue weighted by Crippen LogP contribution is 2.26. The van der Waals surface area contributed by atoms with Gasteiger partial charge in [0.25, 0.3) is 0 Å². The van der Waals surface area contributed by atoms with Crippen LogP contribution in [0.25, 0.3) is 0 Å². The molecule has 0 aromatic heterocycles. The van der Waals surface area contributed by atoms with Crippen LogP contribution in [0.2, 0.25) is 0 Å². The minimum atomic E-state index is -0.307. The van der Waals surface area contributed by atoms with Gasteiger partial charge in [0.05, 0.1) is 6.54 Å². The molecule has 1 aromatic carbocycles. The fraction of sp³-hybridized carbons (Fsp3) is 0.562. The molecule has 118 valence electrons. The molecule has 1 aromatic rings. The molecule has 0 atom stereocenters. The number of nitrogens with zero attached hydrogens (tertiary/aromatic N) is 1. The molecule has 0 heterocycles. The van der Waals surface area contributed by atoms with Gasteiger partial charge in [-0.15, -0.1) is 0 Å². The van der Waals surface area contributed by atoms with Crippen molar-refractivity contribution in [3.63, 3.8) is 0 Å². The van der Waals surface area contributed by atoms with Crippen molar-refractivity contribution < 1.29 is 4.79 Å². The molecule has 4 nitrogen and oxygen atoms in total. The molecule has 0 aliphatic rings.